The van der Waals surface area contributed by atoms with Crippen molar-refractivity contribution in [2.24, 2.45) is 0 Å². The number of halogens is 1. The maximum Gasteiger partial charge on any atom is 0.234 e. The second kappa shape index (κ2) is 7.97. The van der Waals surface area contributed by atoms with Crippen molar-refractivity contribution in [1.82, 2.24) is 15.0 Å². The molecule has 0 amide bonds. The van der Waals surface area contributed by atoms with E-state index in [0.717, 1.165) is 5.56 Å². The number of aromatic nitrogens is 3. The van der Waals surface area contributed by atoms with Crippen molar-refractivity contribution in [3.63, 3.8) is 0 Å². The van der Waals surface area contributed by atoms with Crippen LogP contribution in [-0.2, 0) is 9.84 Å². The topological polar surface area (TPSA) is 94.2 Å². The SMILES string of the molecule is COc1cnc2cc(C(Oc3ccc(Cl)cc3)c3ccc(S(C)(=O)=O)cc3)[nH]c2n1. The first kappa shape index (κ1) is 20.2. The predicted molar refractivity (Wildman–Crippen MR) is 114 cm³/mol. The van der Waals surface area contributed by atoms with Crippen molar-refractivity contribution in [3.8, 4) is 11.6 Å². The lowest BCUT2D eigenvalue weighted by atomic mass is 10.1. The fraction of sp³-hybridized carbons (Fsp3) is 0.143. The smallest absolute Gasteiger partial charge is 0.234 e. The third-order valence-electron chi connectivity index (χ3n) is 4.50. The summed E-state index contributed by atoms with van der Waals surface area (Å²) in [5.41, 5.74) is 2.68. The summed E-state index contributed by atoms with van der Waals surface area (Å²) in [6, 6.07) is 15.4. The number of H-pyrrole nitrogens is 1. The van der Waals surface area contributed by atoms with Crippen molar-refractivity contribution in [2.75, 3.05) is 13.4 Å². The van der Waals surface area contributed by atoms with Gasteiger partial charge in [0.1, 0.15) is 11.3 Å². The van der Waals surface area contributed by atoms with E-state index in [-0.39, 0.29) is 4.90 Å². The van der Waals surface area contributed by atoms with Gasteiger partial charge in [0.05, 0.1) is 23.9 Å². The van der Waals surface area contributed by atoms with Crippen LogP contribution >= 0.6 is 11.6 Å². The molecule has 0 aliphatic carbocycles. The van der Waals surface area contributed by atoms with E-state index in [4.69, 9.17) is 21.1 Å². The van der Waals surface area contributed by atoms with Crippen LogP contribution < -0.4 is 9.47 Å². The molecule has 2 aromatic carbocycles. The number of methoxy groups -OCH3 is 1. The molecular weight excluding hydrogens is 426 g/mol. The second-order valence-corrected chi connectivity index (χ2v) is 9.12. The summed E-state index contributed by atoms with van der Waals surface area (Å²) in [6.45, 7) is 0. The number of hydrogen-bond acceptors (Lipinski definition) is 6. The number of fused-ring (bicyclic) bond motifs is 1. The molecule has 0 aliphatic heterocycles. The maximum absolute atomic E-state index is 11.8. The highest BCUT2D eigenvalue weighted by atomic mass is 35.5. The van der Waals surface area contributed by atoms with Gasteiger partial charge in [0, 0.05) is 11.3 Å². The van der Waals surface area contributed by atoms with Crippen LogP contribution in [0.5, 0.6) is 11.6 Å². The van der Waals surface area contributed by atoms with Crippen molar-refractivity contribution in [1.29, 1.82) is 0 Å². The third kappa shape index (κ3) is 4.24. The molecule has 0 spiro atoms. The van der Waals surface area contributed by atoms with E-state index in [1.807, 2.05) is 6.07 Å². The van der Waals surface area contributed by atoms with Crippen LogP contribution in [0.2, 0.25) is 5.02 Å². The van der Waals surface area contributed by atoms with Gasteiger partial charge in [-0.25, -0.2) is 13.4 Å². The Labute approximate surface area is 178 Å². The van der Waals surface area contributed by atoms with E-state index in [1.54, 1.807) is 48.5 Å². The second-order valence-electron chi connectivity index (χ2n) is 6.66. The molecule has 30 heavy (non-hydrogen) atoms. The van der Waals surface area contributed by atoms with E-state index >= 15 is 0 Å². The standard InChI is InChI=1S/C21H18ClN3O4S/c1-28-19-12-23-18-11-17(24-21(18)25-19)20(29-15-7-5-14(22)6-8-15)13-3-9-16(10-4-13)30(2,26)27/h3-12,20H,1-2H3,(H,24,25). The van der Waals surface area contributed by atoms with Crippen LogP contribution in [0.3, 0.4) is 0 Å². The van der Waals surface area contributed by atoms with Gasteiger partial charge in [-0.2, -0.15) is 4.98 Å². The summed E-state index contributed by atoms with van der Waals surface area (Å²) in [7, 11) is -1.78. The Kier molecular flexibility index (Phi) is 5.36. The van der Waals surface area contributed by atoms with E-state index in [2.05, 4.69) is 15.0 Å². The molecule has 0 saturated heterocycles. The average molecular weight is 444 g/mol. The van der Waals surface area contributed by atoms with Crippen molar-refractivity contribution in [2.45, 2.75) is 11.0 Å². The molecule has 0 bridgehead atoms. The van der Waals surface area contributed by atoms with E-state index in [9.17, 15) is 8.42 Å². The molecule has 7 nitrogen and oxygen atoms in total. The first-order valence-electron chi connectivity index (χ1n) is 8.95. The molecule has 2 heterocycles. The quantitative estimate of drug-likeness (QED) is 0.480. The molecule has 4 aromatic rings. The zero-order valence-electron chi connectivity index (χ0n) is 16.2. The van der Waals surface area contributed by atoms with Gasteiger partial charge in [-0.15, -0.1) is 0 Å². The lowest BCUT2D eigenvalue weighted by Crippen LogP contribution is -2.10. The molecular formula is C21H18ClN3O4S. The maximum atomic E-state index is 11.8. The molecule has 4 rings (SSSR count). The number of benzene rings is 2. The Bertz CT molecular complexity index is 1290. The van der Waals surface area contributed by atoms with Gasteiger partial charge in [-0.05, 0) is 48.0 Å². The van der Waals surface area contributed by atoms with Crippen LogP contribution in [0.4, 0.5) is 0 Å². The molecule has 154 valence electrons. The van der Waals surface area contributed by atoms with Crippen LogP contribution in [0.1, 0.15) is 17.4 Å². The van der Waals surface area contributed by atoms with Gasteiger partial charge in [0.25, 0.3) is 0 Å². The van der Waals surface area contributed by atoms with E-state index < -0.39 is 15.9 Å². The Morgan fingerprint density at radius 1 is 1.07 bits per heavy atom. The number of nitrogens with zero attached hydrogens (tertiary/aromatic N) is 2. The lowest BCUT2D eigenvalue weighted by molar-refractivity contribution is 0.243. The fourth-order valence-electron chi connectivity index (χ4n) is 2.99. The average Bonchev–Trinajstić information content (AvgIpc) is 3.15. The van der Waals surface area contributed by atoms with Crippen LogP contribution in [0.25, 0.3) is 11.2 Å². The lowest BCUT2D eigenvalue weighted by Gasteiger charge is -2.19. The van der Waals surface area contributed by atoms with Crippen LogP contribution in [-0.4, -0.2) is 36.7 Å². The number of ether oxygens (including phenoxy) is 2. The highest BCUT2D eigenvalue weighted by Crippen LogP contribution is 2.31. The largest absolute Gasteiger partial charge is 0.480 e. The first-order valence-corrected chi connectivity index (χ1v) is 11.2. The Morgan fingerprint density at radius 3 is 2.40 bits per heavy atom. The summed E-state index contributed by atoms with van der Waals surface area (Å²) in [5.74, 6) is 0.998. The zero-order chi connectivity index (χ0) is 21.3. The molecule has 0 radical (unpaired) electrons. The number of sulfone groups is 1. The number of hydrogen-bond donors (Lipinski definition) is 1. The number of rotatable bonds is 6. The van der Waals surface area contributed by atoms with Crippen LogP contribution in [0, 0.1) is 0 Å². The minimum Gasteiger partial charge on any atom is -0.480 e. The highest BCUT2D eigenvalue weighted by Gasteiger charge is 2.21. The molecule has 9 heteroatoms. The van der Waals surface area contributed by atoms with Gasteiger partial charge in [-0.1, -0.05) is 23.7 Å². The van der Waals surface area contributed by atoms with Gasteiger partial charge in [0.2, 0.25) is 5.88 Å². The Hall–Kier alpha value is -3.10. The van der Waals surface area contributed by atoms with Crippen molar-refractivity contribution >= 4 is 32.6 Å². The summed E-state index contributed by atoms with van der Waals surface area (Å²) in [5, 5.41) is 0.600. The molecule has 0 fully saturated rings. The van der Waals surface area contributed by atoms with Gasteiger partial charge < -0.3 is 14.5 Å². The molecule has 0 aliphatic rings. The fourth-order valence-corrected chi connectivity index (χ4v) is 3.75. The van der Waals surface area contributed by atoms with Crippen molar-refractivity contribution < 1.29 is 17.9 Å². The van der Waals surface area contributed by atoms with Gasteiger partial charge >= 0.3 is 0 Å². The minimum absolute atomic E-state index is 0.237. The summed E-state index contributed by atoms with van der Waals surface area (Å²) >= 11 is 5.98. The van der Waals surface area contributed by atoms with Gasteiger partial charge in [0.15, 0.2) is 21.6 Å². The molecule has 1 unspecified atom stereocenters. The van der Waals surface area contributed by atoms with Gasteiger partial charge in [-0.3, -0.25) is 0 Å². The summed E-state index contributed by atoms with van der Waals surface area (Å²) in [6.07, 6.45) is 2.16. The predicted octanol–water partition coefficient (Wildman–Crippen LogP) is 4.19. The first-order chi connectivity index (χ1) is 14.3. The highest BCUT2D eigenvalue weighted by molar-refractivity contribution is 7.90. The molecule has 0 saturated carbocycles. The Balaban J connectivity index is 1.77. The molecule has 1 atom stereocenters. The zero-order valence-corrected chi connectivity index (χ0v) is 17.7. The molecule has 2 aromatic heterocycles. The normalized spacial score (nSPS) is 12.6. The number of aromatic amines is 1. The summed E-state index contributed by atoms with van der Waals surface area (Å²) < 4.78 is 35.0. The number of nitrogens with one attached hydrogen (secondary N) is 1. The van der Waals surface area contributed by atoms with E-state index in [0.29, 0.717) is 33.5 Å². The monoisotopic (exact) mass is 443 g/mol. The Morgan fingerprint density at radius 2 is 1.77 bits per heavy atom. The third-order valence-corrected chi connectivity index (χ3v) is 5.88. The van der Waals surface area contributed by atoms with Crippen molar-refractivity contribution in [3.05, 3.63) is 77.1 Å². The van der Waals surface area contributed by atoms with E-state index in [1.165, 1.54) is 19.6 Å². The summed E-state index contributed by atoms with van der Waals surface area (Å²) in [4.78, 5) is 12.2. The molecule has 1 N–H and O–H groups in total. The minimum atomic E-state index is -3.30. The van der Waals surface area contributed by atoms with Crippen LogP contribution in [0.15, 0.2) is 65.7 Å².